The maximum absolute atomic E-state index is 12.8. The van der Waals surface area contributed by atoms with Crippen LogP contribution in [0, 0.1) is 5.82 Å². The third kappa shape index (κ3) is 3.67. The second-order valence-electron chi connectivity index (χ2n) is 4.38. The average Bonchev–Trinajstić information content (AvgIpc) is 2.38. The zero-order valence-electron chi connectivity index (χ0n) is 10.1. The Morgan fingerprint density at radius 3 is 2.63 bits per heavy atom. The number of ether oxygens (including phenoxy) is 1. The Kier molecular flexibility index (Phi) is 4.37. The maximum Gasteiger partial charge on any atom is 0.404 e. The highest BCUT2D eigenvalue weighted by Crippen LogP contribution is 2.17. The minimum absolute atomic E-state index is 0.199. The van der Waals surface area contributed by atoms with Gasteiger partial charge in [0.05, 0.1) is 6.54 Å². The number of hydrogen-bond acceptors (Lipinski definition) is 3. The molecule has 1 unspecified atom stereocenters. The Hall–Kier alpha value is -1.62. The zero-order chi connectivity index (χ0) is 13.8. The number of halogens is 2. The summed E-state index contributed by atoms with van der Waals surface area (Å²) in [6, 6.07) is 5.37. The molecule has 1 amide bonds. The summed E-state index contributed by atoms with van der Waals surface area (Å²) in [5.41, 5.74) is -0.444. The Morgan fingerprint density at radius 2 is 2.00 bits per heavy atom. The van der Waals surface area contributed by atoms with E-state index in [2.05, 4.69) is 0 Å². The summed E-state index contributed by atoms with van der Waals surface area (Å²) in [6.45, 7) is 0.904. The largest absolute Gasteiger partial charge is 0.448 e. The molecule has 2 rings (SSSR count). The van der Waals surface area contributed by atoms with Crippen LogP contribution in [0.25, 0.3) is 0 Å². The van der Waals surface area contributed by atoms with Gasteiger partial charge in [-0.25, -0.2) is 9.18 Å². The molecule has 102 valence electrons. The molecular weight excluding hydrogens is 273 g/mol. The molecule has 1 aliphatic heterocycles. The summed E-state index contributed by atoms with van der Waals surface area (Å²) in [6.07, 6.45) is 1.05. The number of nitrogens with zero attached hydrogens (tertiary/aromatic N) is 1. The van der Waals surface area contributed by atoms with Gasteiger partial charge in [-0.1, -0.05) is 0 Å². The fraction of sp³-hybridized carbons (Fsp3) is 0.385. The van der Waals surface area contributed by atoms with E-state index in [0.29, 0.717) is 25.1 Å². The Morgan fingerprint density at radius 1 is 1.32 bits per heavy atom. The highest BCUT2D eigenvalue weighted by Gasteiger charge is 2.26. The predicted octanol–water partition coefficient (Wildman–Crippen LogP) is 2.81. The van der Waals surface area contributed by atoms with Crippen molar-refractivity contribution in [1.29, 1.82) is 0 Å². The molecule has 0 N–H and O–H groups in total. The number of likely N-dealkylation sites (tertiary alicyclic amines) is 1. The number of amides is 1. The van der Waals surface area contributed by atoms with Crippen molar-refractivity contribution in [2.24, 2.45) is 0 Å². The van der Waals surface area contributed by atoms with Gasteiger partial charge in [-0.05, 0) is 37.1 Å². The molecule has 0 saturated carbocycles. The molecule has 0 radical (unpaired) electrons. The van der Waals surface area contributed by atoms with Crippen molar-refractivity contribution in [1.82, 2.24) is 4.90 Å². The third-order valence-electron chi connectivity index (χ3n) is 3.02. The average molecular weight is 286 g/mol. The van der Waals surface area contributed by atoms with Gasteiger partial charge in [-0.2, -0.15) is 0 Å². The molecule has 0 aromatic heterocycles. The van der Waals surface area contributed by atoms with Crippen LogP contribution in [0.3, 0.4) is 0 Å². The van der Waals surface area contributed by atoms with Gasteiger partial charge < -0.3 is 9.64 Å². The molecule has 6 heteroatoms. The highest BCUT2D eigenvalue weighted by molar-refractivity contribution is 6.61. The standard InChI is InChI=1S/C13H13ClFNO3/c14-13(18)19-11-2-1-7-16(8-11)12(17)9-3-5-10(15)6-4-9/h3-6,11H,1-2,7-8H2. The van der Waals surface area contributed by atoms with Crippen LogP contribution in [0.5, 0.6) is 0 Å². The van der Waals surface area contributed by atoms with Crippen LogP contribution >= 0.6 is 11.6 Å². The van der Waals surface area contributed by atoms with Gasteiger partial charge in [0.25, 0.3) is 5.91 Å². The lowest BCUT2D eigenvalue weighted by Gasteiger charge is -2.31. The highest BCUT2D eigenvalue weighted by atomic mass is 35.5. The minimum Gasteiger partial charge on any atom is -0.448 e. The number of carbonyl (C=O) groups excluding carboxylic acids is 2. The Balaban J connectivity index is 2.02. The van der Waals surface area contributed by atoms with E-state index in [0.717, 1.165) is 6.42 Å². The number of piperidine rings is 1. The summed E-state index contributed by atoms with van der Waals surface area (Å²) in [4.78, 5) is 24.5. The fourth-order valence-corrected chi connectivity index (χ4v) is 2.25. The summed E-state index contributed by atoms with van der Waals surface area (Å²) in [7, 11) is 0. The first kappa shape index (κ1) is 13.8. The molecule has 19 heavy (non-hydrogen) atoms. The zero-order valence-corrected chi connectivity index (χ0v) is 10.9. The smallest absolute Gasteiger partial charge is 0.404 e. The molecule has 4 nitrogen and oxygen atoms in total. The number of hydrogen-bond donors (Lipinski definition) is 0. The SMILES string of the molecule is O=C(Cl)OC1CCCN(C(=O)c2ccc(F)cc2)C1. The lowest BCUT2D eigenvalue weighted by molar-refractivity contribution is 0.0418. The van der Waals surface area contributed by atoms with Crippen molar-refractivity contribution in [2.75, 3.05) is 13.1 Å². The lowest BCUT2D eigenvalue weighted by atomic mass is 10.1. The topological polar surface area (TPSA) is 46.6 Å². The maximum atomic E-state index is 12.8. The molecule has 1 atom stereocenters. The molecule has 1 fully saturated rings. The predicted molar refractivity (Wildman–Crippen MR) is 67.7 cm³/mol. The summed E-state index contributed by atoms with van der Waals surface area (Å²) in [5, 5.41) is 0. The van der Waals surface area contributed by atoms with E-state index in [-0.39, 0.29) is 17.8 Å². The molecule has 1 aliphatic rings. The quantitative estimate of drug-likeness (QED) is 0.785. The molecule has 0 spiro atoms. The first-order chi connectivity index (χ1) is 9.06. The Labute approximate surface area is 115 Å². The van der Waals surface area contributed by atoms with E-state index in [1.54, 1.807) is 4.90 Å². The normalized spacial score (nSPS) is 19.1. The number of benzene rings is 1. The van der Waals surface area contributed by atoms with Gasteiger partial charge in [0.2, 0.25) is 0 Å². The van der Waals surface area contributed by atoms with E-state index in [9.17, 15) is 14.0 Å². The molecule has 0 aliphatic carbocycles. The van der Waals surface area contributed by atoms with Crippen molar-refractivity contribution in [2.45, 2.75) is 18.9 Å². The van der Waals surface area contributed by atoms with Crippen LogP contribution < -0.4 is 0 Å². The molecule has 1 aromatic rings. The van der Waals surface area contributed by atoms with E-state index in [1.165, 1.54) is 24.3 Å². The van der Waals surface area contributed by atoms with E-state index < -0.39 is 5.43 Å². The monoisotopic (exact) mass is 285 g/mol. The summed E-state index contributed by atoms with van der Waals surface area (Å²) in [5.74, 6) is -0.584. The van der Waals surface area contributed by atoms with Crippen molar-refractivity contribution < 1.29 is 18.7 Å². The Bertz CT molecular complexity index is 477. The van der Waals surface area contributed by atoms with Gasteiger partial charge in [-0.3, -0.25) is 4.79 Å². The molecule has 1 saturated heterocycles. The van der Waals surface area contributed by atoms with Crippen molar-refractivity contribution >= 4 is 22.9 Å². The van der Waals surface area contributed by atoms with Crippen LogP contribution in [-0.4, -0.2) is 35.4 Å². The van der Waals surface area contributed by atoms with Crippen LogP contribution in [-0.2, 0) is 4.74 Å². The first-order valence-electron chi connectivity index (χ1n) is 5.97. The van der Waals surface area contributed by atoms with E-state index >= 15 is 0 Å². The van der Waals surface area contributed by atoms with Crippen molar-refractivity contribution in [3.8, 4) is 0 Å². The molecule has 1 aromatic carbocycles. The van der Waals surface area contributed by atoms with Gasteiger partial charge in [0, 0.05) is 23.7 Å². The van der Waals surface area contributed by atoms with Crippen LogP contribution in [0.15, 0.2) is 24.3 Å². The minimum atomic E-state index is -0.860. The third-order valence-corrected chi connectivity index (χ3v) is 3.10. The van der Waals surface area contributed by atoms with E-state index in [4.69, 9.17) is 16.3 Å². The fourth-order valence-electron chi connectivity index (χ4n) is 2.12. The van der Waals surface area contributed by atoms with Crippen molar-refractivity contribution in [3.63, 3.8) is 0 Å². The first-order valence-corrected chi connectivity index (χ1v) is 6.35. The van der Waals surface area contributed by atoms with Gasteiger partial charge in [0.1, 0.15) is 11.9 Å². The summed E-state index contributed by atoms with van der Waals surface area (Å²) >= 11 is 5.17. The summed E-state index contributed by atoms with van der Waals surface area (Å²) < 4.78 is 17.7. The second kappa shape index (κ2) is 6.02. The van der Waals surface area contributed by atoms with Gasteiger partial charge in [0.15, 0.2) is 0 Å². The number of carbonyl (C=O) groups is 2. The van der Waals surface area contributed by atoms with Crippen LogP contribution in [0.4, 0.5) is 9.18 Å². The van der Waals surface area contributed by atoms with Gasteiger partial charge >= 0.3 is 5.43 Å². The van der Waals surface area contributed by atoms with E-state index in [1.807, 2.05) is 0 Å². The van der Waals surface area contributed by atoms with Crippen molar-refractivity contribution in [3.05, 3.63) is 35.6 Å². The molecule has 0 bridgehead atoms. The van der Waals surface area contributed by atoms with Crippen LogP contribution in [0.1, 0.15) is 23.2 Å². The lowest BCUT2D eigenvalue weighted by Crippen LogP contribution is -2.43. The molecular formula is C13H13ClFNO3. The molecule has 1 heterocycles. The number of rotatable bonds is 2. The van der Waals surface area contributed by atoms with Crippen LogP contribution in [0.2, 0.25) is 0 Å². The van der Waals surface area contributed by atoms with Gasteiger partial charge in [-0.15, -0.1) is 0 Å². The second-order valence-corrected chi connectivity index (χ2v) is 4.69.